The van der Waals surface area contributed by atoms with Crippen LogP contribution in [0.1, 0.15) is 38.2 Å². The number of carbonyl (C=O) groups excluding carboxylic acids is 2. The van der Waals surface area contributed by atoms with Gasteiger partial charge in [0.25, 0.3) is 0 Å². The van der Waals surface area contributed by atoms with Gasteiger partial charge in [0.05, 0.1) is 0 Å². The maximum atomic E-state index is 12.2. The molecule has 0 aliphatic heterocycles. The van der Waals surface area contributed by atoms with E-state index in [0.29, 0.717) is 12.8 Å². The molecule has 0 saturated heterocycles. The van der Waals surface area contributed by atoms with Crippen LogP contribution in [0.25, 0.3) is 0 Å². The van der Waals surface area contributed by atoms with Crippen molar-refractivity contribution in [2.24, 2.45) is 17.3 Å². The molecule has 2 fully saturated rings. The molecule has 0 spiro atoms. The molecule has 2 heteroatoms. The van der Waals surface area contributed by atoms with Crippen molar-refractivity contribution in [2.45, 2.75) is 32.6 Å². The van der Waals surface area contributed by atoms with E-state index in [1.807, 2.05) is 44.2 Å². The molecule has 0 bridgehead atoms. The second kappa shape index (κ2) is 3.78. The summed E-state index contributed by atoms with van der Waals surface area (Å²) < 4.78 is 0. The summed E-state index contributed by atoms with van der Waals surface area (Å²) in [6, 6.07) is 9.99. The Hall–Kier alpha value is -1.44. The van der Waals surface area contributed by atoms with Crippen LogP contribution in [0.2, 0.25) is 0 Å². The fourth-order valence-electron chi connectivity index (χ4n) is 3.44. The number of rotatable bonds is 1. The zero-order valence-corrected chi connectivity index (χ0v) is 10.8. The minimum atomic E-state index is -0.150. The van der Waals surface area contributed by atoms with Crippen LogP contribution in [-0.4, -0.2) is 11.6 Å². The lowest BCUT2D eigenvalue weighted by Gasteiger charge is -2.21. The molecule has 1 aromatic rings. The van der Waals surface area contributed by atoms with Crippen LogP contribution < -0.4 is 0 Å². The van der Waals surface area contributed by atoms with Crippen molar-refractivity contribution in [3.63, 3.8) is 0 Å². The first kappa shape index (κ1) is 11.6. The summed E-state index contributed by atoms with van der Waals surface area (Å²) in [5.74, 6) is 0.639. The smallest absolute Gasteiger partial charge is 0.137 e. The molecule has 2 nitrogen and oxygen atoms in total. The number of Topliss-reactive ketones (excluding diaryl/α,β-unsaturated/α-hetero) is 2. The average molecular weight is 242 g/mol. The molecule has 0 radical (unpaired) electrons. The highest BCUT2D eigenvalue weighted by molar-refractivity contribution is 5.99. The molecule has 1 aromatic carbocycles. The number of hydrogen-bond acceptors (Lipinski definition) is 2. The Morgan fingerprint density at radius 3 is 1.89 bits per heavy atom. The van der Waals surface area contributed by atoms with E-state index in [4.69, 9.17) is 0 Å². The average Bonchev–Trinajstić information content (AvgIpc) is 3.03. The SMILES string of the molecule is CC1(C)CC(=O)[C@@H]2C(c3ccccc3)[C@@H]2C(=O)C1. The van der Waals surface area contributed by atoms with Crippen molar-refractivity contribution in [1.82, 2.24) is 0 Å². The molecule has 0 amide bonds. The Bertz CT molecular complexity index is 475. The summed E-state index contributed by atoms with van der Waals surface area (Å²) in [7, 11) is 0. The van der Waals surface area contributed by atoms with Gasteiger partial charge in [-0.2, -0.15) is 0 Å². The van der Waals surface area contributed by atoms with Gasteiger partial charge in [-0.3, -0.25) is 9.59 Å². The fraction of sp³-hybridized carbons (Fsp3) is 0.500. The highest BCUT2D eigenvalue weighted by Gasteiger charge is 2.60. The summed E-state index contributed by atoms with van der Waals surface area (Å²) >= 11 is 0. The second-order valence-corrected chi connectivity index (χ2v) is 6.44. The first-order chi connectivity index (χ1) is 8.49. The van der Waals surface area contributed by atoms with E-state index in [0.717, 1.165) is 5.56 Å². The molecule has 0 N–H and O–H groups in total. The van der Waals surface area contributed by atoms with Gasteiger partial charge in [0.15, 0.2) is 0 Å². The van der Waals surface area contributed by atoms with Crippen LogP contribution in [0.4, 0.5) is 0 Å². The third kappa shape index (κ3) is 1.80. The molecule has 94 valence electrons. The largest absolute Gasteiger partial charge is 0.299 e. The highest BCUT2D eigenvalue weighted by atomic mass is 16.1. The maximum absolute atomic E-state index is 12.2. The lowest BCUT2D eigenvalue weighted by atomic mass is 9.82. The van der Waals surface area contributed by atoms with Crippen LogP contribution in [-0.2, 0) is 9.59 Å². The van der Waals surface area contributed by atoms with Crippen LogP contribution in [0.15, 0.2) is 30.3 Å². The third-order valence-corrected chi connectivity index (χ3v) is 4.25. The number of benzene rings is 1. The van der Waals surface area contributed by atoms with E-state index in [-0.39, 0.29) is 34.7 Å². The number of hydrogen-bond donors (Lipinski definition) is 0. The molecule has 2 aliphatic rings. The van der Waals surface area contributed by atoms with Gasteiger partial charge in [0, 0.05) is 30.6 Å². The summed E-state index contributed by atoms with van der Waals surface area (Å²) in [6.45, 7) is 4.04. The lowest BCUT2D eigenvalue weighted by Crippen LogP contribution is -2.19. The molecule has 0 aromatic heterocycles. The van der Waals surface area contributed by atoms with Crippen molar-refractivity contribution >= 4 is 11.6 Å². The third-order valence-electron chi connectivity index (χ3n) is 4.25. The molecule has 2 saturated carbocycles. The Kier molecular flexibility index (Phi) is 2.44. The van der Waals surface area contributed by atoms with E-state index >= 15 is 0 Å². The molecule has 1 unspecified atom stereocenters. The van der Waals surface area contributed by atoms with Crippen LogP contribution in [0.5, 0.6) is 0 Å². The van der Waals surface area contributed by atoms with Gasteiger partial charge < -0.3 is 0 Å². The van der Waals surface area contributed by atoms with E-state index in [1.165, 1.54) is 0 Å². The normalized spacial score (nSPS) is 33.8. The van der Waals surface area contributed by atoms with Gasteiger partial charge in [0.2, 0.25) is 0 Å². The molecular formula is C16H18O2. The molecule has 2 aliphatic carbocycles. The van der Waals surface area contributed by atoms with Gasteiger partial charge in [-0.15, -0.1) is 0 Å². The Morgan fingerprint density at radius 1 is 0.889 bits per heavy atom. The van der Waals surface area contributed by atoms with Crippen molar-refractivity contribution < 1.29 is 9.59 Å². The first-order valence-corrected chi connectivity index (χ1v) is 6.60. The second-order valence-electron chi connectivity index (χ2n) is 6.44. The minimum absolute atomic E-state index is 0.0401. The van der Waals surface area contributed by atoms with E-state index in [2.05, 4.69) is 0 Å². The van der Waals surface area contributed by atoms with Crippen molar-refractivity contribution in [3.8, 4) is 0 Å². The lowest BCUT2D eigenvalue weighted by molar-refractivity contribution is -0.122. The van der Waals surface area contributed by atoms with Gasteiger partial charge in [-0.25, -0.2) is 0 Å². The van der Waals surface area contributed by atoms with E-state index < -0.39 is 0 Å². The van der Waals surface area contributed by atoms with Crippen molar-refractivity contribution in [2.75, 3.05) is 0 Å². The summed E-state index contributed by atoms with van der Waals surface area (Å²) in [4.78, 5) is 24.5. The molecule has 0 heterocycles. The van der Waals surface area contributed by atoms with Gasteiger partial charge >= 0.3 is 0 Å². The van der Waals surface area contributed by atoms with Crippen molar-refractivity contribution in [1.29, 1.82) is 0 Å². The maximum Gasteiger partial charge on any atom is 0.137 e. The van der Waals surface area contributed by atoms with Gasteiger partial charge in [-0.1, -0.05) is 44.2 Å². The zero-order chi connectivity index (χ0) is 12.9. The molecular weight excluding hydrogens is 224 g/mol. The first-order valence-electron chi connectivity index (χ1n) is 6.60. The van der Waals surface area contributed by atoms with Crippen LogP contribution in [0, 0.1) is 17.3 Å². The summed E-state index contributed by atoms with van der Waals surface area (Å²) in [5, 5.41) is 0. The Morgan fingerprint density at radius 2 is 1.39 bits per heavy atom. The predicted octanol–water partition coefficient (Wildman–Crippen LogP) is 2.97. The molecule has 3 atom stereocenters. The Labute approximate surface area is 107 Å². The minimum Gasteiger partial charge on any atom is -0.299 e. The topological polar surface area (TPSA) is 34.1 Å². The predicted molar refractivity (Wildman–Crippen MR) is 69.2 cm³/mol. The van der Waals surface area contributed by atoms with Crippen LogP contribution >= 0.6 is 0 Å². The van der Waals surface area contributed by atoms with E-state index in [9.17, 15) is 9.59 Å². The number of carbonyl (C=O) groups is 2. The standard InChI is InChI=1S/C16H18O2/c1-16(2)8-11(17)14-13(15(14)12(18)9-16)10-6-4-3-5-7-10/h3-7,13-15H,8-9H2,1-2H3/t13?,14-,15+. The fourth-order valence-corrected chi connectivity index (χ4v) is 3.44. The monoisotopic (exact) mass is 242 g/mol. The quantitative estimate of drug-likeness (QED) is 0.758. The van der Waals surface area contributed by atoms with Crippen molar-refractivity contribution in [3.05, 3.63) is 35.9 Å². The summed E-state index contributed by atoms with van der Waals surface area (Å²) in [5.41, 5.74) is 0.997. The Balaban J connectivity index is 1.89. The van der Waals surface area contributed by atoms with Crippen LogP contribution in [0.3, 0.4) is 0 Å². The number of ketones is 2. The van der Waals surface area contributed by atoms with E-state index in [1.54, 1.807) is 0 Å². The zero-order valence-electron chi connectivity index (χ0n) is 10.8. The molecule has 3 rings (SSSR count). The van der Waals surface area contributed by atoms with Gasteiger partial charge in [-0.05, 0) is 11.0 Å². The molecule has 18 heavy (non-hydrogen) atoms. The summed E-state index contributed by atoms with van der Waals surface area (Å²) in [6.07, 6.45) is 1.09. The highest BCUT2D eigenvalue weighted by Crippen LogP contribution is 2.59. The number of fused-ring (bicyclic) bond motifs is 1. The van der Waals surface area contributed by atoms with Gasteiger partial charge in [0.1, 0.15) is 11.6 Å².